The third kappa shape index (κ3) is 1.84. The van der Waals surface area contributed by atoms with Crippen molar-refractivity contribution in [3.05, 3.63) is 0 Å². The van der Waals surface area contributed by atoms with Gasteiger partial charge in [-0.25, -0.2) is 0 Å². The molecule has 2 aliphatic heterocycles. The molecule has 0 aliphatic carbocycles. The largest absolute Gasteiger partial charge is 0.296 e. The van der Waals surface area contributed by atoms with Crippen molar-refractivity contribution >= 4 is 0 Å². The van der Waals surface area contributed by atoms with Crippen molar-refractivity contribution in [3.63, 3.8) is 0 Å². The lowest BCUT2D eigenvalue weighted by molar-refractivity contribution is 0.0304. The molecular weight excluding hydrogens is 208 g/mol. The lowest BCUT2D eigenvalue weighted by Gasteiger charge is -2.47. The van der Waals surface area contributed by atoms with Crippen LogP contribution in [0.3, 0.4) is 0 Å². The minimum atomic E-state index is 0.470. The Morgan fingerprint density at radius 3 is 2.06 bits per heavy atom. The van der Waals surface area contributed by atoms with Crippen LogP contribution in [0, 0.1) is 5.41 Å². The third-order valence-corrected chi connectivity index (χ3v) is 5.63. The summed E-state index contributed by atoms with van der Waals surface area (Å²) < 4.78 is 0. The van der Waals surface area contributed by atoms with Crippen molar-refractivity contribution in [1.82, 2.24) is 9.80 Å². The molecule has 0 saturated carbocycles. The standard InChI is InChI=1S/C15H30N2/c1-10(2)16-9-14-8-15(7,12(16)5)13(6)17(14)11(3)4/h10-14H,8-9H2,1-7H3. The van der Waals surface area contributed by atoms with E-state index in [0.29, 0.717) is 29.6 Å². The van der Waals surface area contributed by atoms with Crippen LogP contribution in [0.4, 0.5) is 0 Å². The second-order valence-corrected chi connectivity index (χ2v) is 7.05. The number of nitrogens with zero attached hydrogens (tertiary/aromatic N) is 2. The number of hydrogen-bond donors (Lipinski definition) is 0. The fourth-order valence-corrected chi connectivity index (χ4v) is 4.43. The topological polar surface area (TPSA) is 6.48 Å². The van der Waals surface area contributed by atoms with Crippen molar-refractivity contribution in [2.24, 2.45) is 5.41 Å². The minimum Gasteiger partial charge on any atom is -0.296 e. The van der Waals surface area contributed by atoms with E-state index < -0.39 is 0 Å². The van der Waals surface area contributed by atoms with E-state index in [9.17, 15) is 0 Å². The first kappa shape index (κ1) is 13.4. The molecule has 4 unspecified atom stereocenters. The van der Waals surface area contributed by atoms with Crippen LogP contribution in [-0.4, -0.2) is 46.6 Å². The molecule has 2 rings (SSSR count). The van der Waals surface area contributed by atoms with E-state index in [-0.39, 0.29) is 0 Å². The Morgan fingerprint density at radius 1 is 1.00 bits per heavy atom. The Bertz CT molecular complexity index is 281. The van der Waals surface area contributed by atoms with Gasteiger partial charge in [0.05, 0.1) is 0 Å². The number of fused-ring (bicyclic) bond motifs is 2. The van der Waals surface area contributed by atoms with Crippen molar-refractivity contribution in [2.75, 3.05) is 6.54 Å². The molecule has 4 atom stereocenters. The van der Waals surface area contributed by atoms with E-state index in [1.54, 1.807) is 0 Å². The first-order chi connectivity index (χ1) is 7.79. The van der Waals surface area contributed by atoms with Gasteiger partial charge in [-0.3, -0.25) is 9.80 Å². The van der Waals surface area contributed by atoms with Gasteiger partial charge in [0.25, 0.3) is 0 Å². The van der Waals surface area contributed by atoms with Crippen molar-refractivity contribution in [2.45, 2.75) is 85.1 Å². The number of likely N-dealkylation sites (tertiary alicyclic amines) is 2. The third-order valence-electron chi connectivity index (χ3n) is 5.63. The quantitative estimate of drug-likeness (QED) is 0.730. The van der Waals surface area contributed by atoms with Gasteiger partial charge in [0.2, 0.25) is 0 Å². The van der Waals surface area contributed by atoms with Crippen molar-refractivity contribution in [1.29, 1.82) is 0 Å². The normalized spacial score (nSPS) is 43.9. The van der Waals surface area contributed by atoms with Gasteiger partial charge in [0.1, 0.15) is 0 Å². The van der Waals surface area contributed by atoms with Crippen LogP contribution in [0.25, 0.3) is 0 Å². The number of piperidine rings is 1. The Kier molecular flexibility index (Phi) is 3.33. The molecule has 2 nitrogen and oxygen atoms in total. The van der Waals surface area contributed by atoms with E-state index in [0.717, 1.165) is 6.04 Å². The zero-order chi connectivity index (χ0) is 13.0. The highest BCUT2D eigenvalue weighted by Gasteiger charge is 2.55. The van der Waals surface area contributed by atoms with Crippen LogP contribution in [0.2, 0.25) is 0 Å². The van der Waals surface area contributed by atoms with Gasteiger partial charge in [-0.15, -0.1) is 0 Å². The molecule has 0 aromatic rings. The molecule has 0 spiro atoms. The van der Waals surface area contributed by atoms with Crippen LogP contribution in [0.15, 0.2) is 0 Å². The van der Waals surface area contributed by atoms with Crippen LogP contribution in [0.5, 0.6) is 0 Å². The molecule has 0 N–H and O–H groups in total. The number of rotatable bonds is 2. The zero-order valence-corrected chi connectivity index (χ0v) is 12.7. The molecular formula is C15H30N2. The van der Waals surface area contributed by atoms with E-state index in [2.05, 4.69) is 58.3 Å². The van der Waals surface area contributed by atoms with Crippen LogP contribution in [-0.2, 0) is 0 Å². The highest BCUT2D eigenvalue weighted by atomic mass is 15.3. The predicted molar refractivity (Wildman–Crippen MR) is 74.3 cm³/mol. The molecule has 2 aliphatic rings. The summed E-state index contributed by atoms with van der Waals surface area (Å²) in [4.78, 5) is 5.48. The lowest BCUT2D eigenvalue weighted by atomic mass is 9.73. The fraction of sp³-hybridized carbons (Fsp3) is 1.00. The summed E-state index contributed by atoms with van der Waals surface area (Å²) in [5.74, 6) is 0. The predicted octanol–water partition coefficient (Wildman–Crippen LogP) is 2.98. The molecule has 2 heterocycles. The molecule has 2 bridgehead atoms. The summed E-state index contributed by atoms with van der Waals surface area (Å²) in [7, 11) is 0. The van der Waals surface area contributed by atoms with Gasteiger partial charge in [-0.05, 0) is 53.4 Å². The van der Waals surface area contributed by atoms with Gasteiger partial charge in [-0.2, -0.15) is 0 Å². The van der Waals surface area contributed by atoms with Gasteiger partial charge >= 0.3 is 0 Å². The summed E-state index contributed by atoms with van der Waals surface area (Å²) in [6, 6.07) is 3.54. The highest BCUT2D eigenvalue weighted by Crippen LogP contribution is 2.49. The molecule has 2 saturated heterocycles. The van der Waals surface area contributed by atoms with Crippen molar-refractivity contribution in [3.8, 4) is 0 Å². The fourth-order valence-electron chi connectivity index (χ4n) is 4.43. The van der Waals surface area contributed by atoms with Crippen LogP contribution in [0.1, 0.15) is 54.9 Å². The van der Waals surface area contributed by atoms with Crippen LogP contribution >= 0.6 is 0 Å². The van der Waals surface area contributed by atoms with Gasteiger partial charge in [-0.1, -0.05) is 6.92 Å². The Morgan fingerprint density at radius 2 is 1.59 bits per heavy atom. The lowest BCUT2D eigenvalue weighted by Crippen LogP contribution is -2.54. The molecule has 2 fully saturated rings. The van der Waals surface area contributed by atoms with E-state index in [1.807, 2.05) is 0 Å². The summed E-state index contributed by atoms with van der Waals surface area (Å²) in [5, 5.41) is 0. The molecule has 17 heavy (non-hydrogen) atoms. The summed E-state index contributed by atoms with van der Waals surface area (Å²) in [5.41, 5.74) is 0.470. The summed E-state index contributed by atoms with van der Waals surface area (Å²) in [6.07, 6.45) is 1.39. The second kappa shape index (κ2) is 4.24. The smallest absolute Gasteiger partial charge is 0.0235 e. The Hall–Kier alpha value is -0.0800. The SMILES string of the molecule is CC(C)N1CC2CC(C)(C1C)C(C)N2C(C)C. The maximum atomic E-state index is 2.76. The summed E-state index contributed by atoms with van der Waals surface area (Å²) >= 11 is 0. The molecule has 0 radical (unpaired) electrons. The first-order valence-electron chi connectivity index (χ1n) is 7.32. The monoisotopic (exact) mass is 238 g/mol. The highest BCUT2D eigenvalue weighted by molar-refractivity contribution is 5.10. The molecule has 2 heteroatoms. The van der Waals surface area contributed by atoms with Gasteiger partial charge in [0.15, 0.2) is 0 Å². The Labute approximate surface area is 107 Å². The minimum absolute atomic E-state index is 0.470. The average molecular weight is 238 g/mol. The zero-order valence-electron chi connectivity index (χ0n) is 12.7. The molecule has 100 valence electrons. The second-order valence-electron chi connectivity index (χ2n) is 7.05. The van der Waals surface area contributed by atoms with Gasteiger partial charge in [0, 0.05) is 36.8 Å². The molecule has 0 aromatic heterocycles. The van der Waals surface area contributed by atoms with Crippen molar-refractivity contribution < 1.29 is 0 Å². The van der Waals surface area contributed by atoms with Crippen LogP contribution < -0.4 is 0 Å². The van der Waals surface area contributed by atoms with E-state index in [1.165, 1.54) is 13.0 Å². The summed E-state index contributed by atoms with van der Waals surface area (Å²) in [6.45, 7) is 18.0. The Balaban J connectivity index is 2.31. The average Bonchev–Trinajstić information content (AvgIpc) is 2.43. The molecule has 0 aromatic carbocycles. The number of hydrogen-bond acceptors (Lipinski definition) is 2. The van der Waals surface area contributed by atoms with Gasteiger partial charge < -0.3 is 0 Å². The maximum Gasteiger partial charge on any atom is 0.0235 e. The molecule has 0 amide bonds. The van der Waals surface area contributed by atoms with E-state index >= 15 is 0 Å². The first-order valence-corrected chi connectivity index (χ1v) is 7.32. The maximum absolute atomic E-state index is 2.76. The van der Waals surface area contributed by atoms with E-state index in [4.69, 9.17) is 0 Å².